The fraction of sp³-hybridized carbons (Fsp3) is 0.167. The quantitative estimate of drug-likeness (QED) is 0.782. The van der Waals surface area contributed by atoms with Crippen molar-refractivity contribution in [1.82, 2.24) is 9.13 Å². The van der Waals surface area contributed by atoms with E-state index in [2.05, 4.69) is 0 Å². The summed E-state index contributed by atoms with van der Waals surface area (Å²) < 4.78 is 15.2. The van der Waals surface area contributed by atoms with Gasteiger partial charge in [0, 0.05) is 18.8 Å². The van der Waals surface area contributed by atoms with E-state index in [9.17, 15) is 14.0 Å². The number of hydrogen-bond acceptors (Lipinski definition) is 2. The highest BCUT2D eigenvalue weighted by molar-refractivity contribution is 5.31. The second-order valence-electron chi connectivity index (χ2n) is 3.53. The summed E-state index contributed by atoms with van der Waals surface area (Å²) in [5.41, 5.74) is -0.484. The smallest absolute Gasteiger partial charge is 0.300 e. The standard InChI is InChI=1S/C12H11FN2O2/c1-2-14-8-7-11(16)15(12(14)17)10-5-3-9(13)4-6-10/h3-8H,2H2,1H3. The SMILES string of the molecule is CCn1ccc(=O)n(-c2ccc(F)cc2)c1=O. The van der Waals surface area contributed by atoms with Gasteiger partial charge in [0.1, 0.15) is 5.82 Å². The van der Waals surface area contributed by atoms with Crippen molar-refractivity contribution in [3.63, 3.8) is 0 Å². The summed E-state index contributed by atoms with van der Waals surface area (Å²) in [5.74, 6) is -0.409. The number of benzene rings is 1. The second-order valence-corrected chi connectivity index (χ2v) is 3.53. The third kappa shape index (κ3) is 2.04. The monoisotopic (exact) mass is 234 g/mol. The van der Waals surface area contributed by atoms with Crippen LogP contribution >= 0.6 is 0 Å². The van der Waals surface area contributed by atoms with Crippen molar-refractivity contribution in [3.8, 4) is 5.69 Å². The molecule has 2 rings (SSSR count). The van der Waals surface area contributed by atoms with Crippen LogP contribution in [0.3, 0.4) is 0 Å². The van der Waals surface area contributed by atoms with Crippen molar-refractivity contribution in [1.29, 1.82) is 0 Å². The van der Waals surface area contributed by atoms with Crippen molar-refractivity contribution in [2.75, 3.05) is 0 Å². The lowest BCUT2D eigenvalue weighted by molar-refractivity contribution is 0.625. The summed E-state index contributed by atoms with van der Waals surface area (Å²) in [4.78, 5) is 23.6. The first kappa shape index (κ1) is 11.3. The maximum absolute atomic E-state index is 12.8. The fourth-order valence-electron chi connectivity index (χ4n) is 1.58. The van der Waals surface area contributed by atoms with Crippen molar-refractivity contribution in [2.45, 2.75) is 13.5 Å². The normalized spacial score (nSPS) is 10.5. The van der Waals surface area contributed by atoms with Gasteiger partial charge in [-0.25, -0.2) is 13.8 Å². The zero-order chi connectivity index (χ0) is 12.4. The van der Waals surface area contributed by atoms with Gasteiger partial charge in [0.15, 0.2) is 0 Å². The molecule has 0 radical (unpaired) electrons. The van der Waals surface area contributed by atoms with E-state index in [-0.39, 0.29) is 0 Å². The van der Waals surface area contributed by atoms with Crippen LogP contribution in [0, 0.1) is 5.82 Å². The van der Waals surface area contributed by atoms with E-state index in [0.29, 0.717) is 12.2 Å². The Morgan fingerprint density at radius 2 is 1.76 bits per heavy atom. The number of nitrogens with zero attached hydrogens (tertiary/aromatic N) is 2. The molecule has 0 saturated heterocycles. The van der Waals surface area contributed by atoms with E-state index in [1.165, 1.54) is 41.1 Å². The summed E-state index contributed by atoms with van der Waals surface area (Å²) in [6.45, 7) is 2.28. The first-order chi connectivity index (χ1) is 8.13. The average Bonchev–Trinajstić information content (AvgIpc) is 2.32. The van der Waals surface area contributed by atoms with Crippen LogP contribution < -0.4 is 11.2 Å². The molecule has 0 aliphatic heterocycles. The summed E-state index contributed by atoms with van der Waals surface area (Å²) in [7, 11) is 0. The zero-order valence-electron chi connectivity index (χ0n) is 9.26. The van der Waals surface area contributed by atoms with Crippen LogP contribution in [0.1, 0.15) is 6.92 Å². The largest absolute Gasteiger partial charge is 0.335 e. The van der Waals surface area contributed by atoms with Crippen LogP contribution in [0.4, 0.5) is 4.39 Å². The lowest BCUT2D eigenvalue weighted by Gasteiger charge is -2.07. The second kappa shape index (κ2) is 4.37. The molecule has 0 amide bonds. The van der Waals surface area contributed by atoms with Gasteiger partial charge in [-0.15, -0.1) is 0 Å². The van der Waals surface area contributed by atoms with Gasteiger partial charge in [-0.05, 0) is 31.2 Å². The van der Waals surface area contributed by atoms with Gasteiger partial charge < -0.3 is 4.57 Å². The molecule has 0 bridgehead atoms. The topological polar surface area (TPSA) is 44.0 Å². The van der Waals surface area contributed by atoms with E-state index in [1.54, 1.807) is 6.92 Å². The molecule has 0 saturated carbocycles. The van der Waals surface area contributed by atoms with Gasteiger partial charge in [0.05, 0.1) is 5.69 Å². The minimum absolute atomic E-state index is 0.365. The minimum atomic E-state index is -0.425. The Hall–Kier alpha value is -2.17. The molecule has 0 unspecified atom stereocenters. The number of rotatable bonds is 2. The minimum Gasteiger partial charge on any atom is -0.300 e. The number of aryl methyl sites for hydroxylation is 1. The van der Waals surface area contributed by atoms with Gasteiger partial charge in [0.25, 0.3) is 5.56 Å². The van der Waals surface area contributed by atoms with Crippen LogP contribution in [0.15, 0.2) is 46.1 Å². The Balaban J connectivity index is 2.71. The Labute approximate surface area is 96.6 Å². The van der Waals surface area contributed by atoms with Gasteiger partial charge in [0.2, 0.25) is 0 Å². The first-order valence-corrected chi connectivity index (χ1v) is 5.22. The molecule has 1 aromatic heterocycles. The lowest BCUT2D eigenvalue weighted by atomic mass is 10.3. The highest BCUT2D eigenvalue weighted by Crippen LogP contribution is 2.04. The van der Waals surface area contributed by atoms with Crippen molar-refractivity contribution in [2.24, 2.45) is 0 Å². The van der Waals surface area contributed by atoms with Crippen LogP contribution in [-0.2, 0) is 6.54 Å². The molecule has 0 N–H and O–H groups in total. The number of halogens is 1. The molecule has 0 atom stereocenters. The molecular formula is C12H11FN2O2. The molecule has 0 aliphatic rings. The summed E-state index contributed by atoms with van der Waals surface area (Å²) in [6.07, 6.45) is 1.45. The van der Waals surface area contributed by atoms with E-state index >= 15 is 0 Å². The molecule has 88 valence electrons. The highest BCUT2D eigenvalue weighted by atomic mass is 19.1. The average molecular weight is 234 g/mol. The third-order valence-electron chi connectivity index (χ3n) is 2.48. The zero-order valence-corrected chi connectivity index (χ0v) is 9.26. The van der Waals surface area contributed by atoms with E-state index < -0.39 is 17.1 Å². The number of hydrogen-bond donors (Lipinski definition) is 0. The molecular weight excluding hydrogens is 223 g/mol. The molecule has 0 aliphatic carbocycles. The molecule has 4 nitrogen and oxygen atoms in total. The van der Waals surface area contributed by atoms with E-state index in [0.717, 1.165) is 4.57 Å². The van der Waals surface area contributed by atoms with Crippen LogP contribution in [0.5, 0.6) is 0 Å². The molecule has 5 heteroatoms. The van der Waals surface area contributed by atoms with E-state index in [4.69, 9.17) is 0 Å². The van der Waals surface area contributed by atoms with Crippen LogP contribution in [0.25, 0.3) is 5.69 Å². The summed E-state index contributed by atoms with van der Waals surface area (Å²) in [6, 6.07) is 6.54. The molecule has 2 aromatic rings. The maximum Gasteiger partial charge on any atom is 0.335 e. The molecule has 0 spiro atoms. The van der Waals surface area contributed by atoms with Gasteiger partial charge in [-0.2, -0.15) is 0 Å². The third-order valence-corrected chi connectivity index (χ3v) is 2.48. The fourth-order valence-corrected chi connectivity index (χ4v) is 1.58. The summed E-state index contributed by atoms with van der Waals surface area (Å²) >= 11 is 0. The first-order valence-electron chi connectivity index (χ1n) is 5.22. The van der Waals surface area contributed by atoms with Gasteiger partial charge in [-0.3, -0.25) is 4.79 Å². The van der Waals surface area contributed by atoms with Crippen LogP contribution in [0.2, 0.25) is 0 Å². The Morgan fingerprint density at radius 1 is 1.12 bits per heavy atom. The van der Waals surface area contributed by atoms with E-state index in [1.807, 2.05) is 0 Å². The predicted molar refractivity (Wildman–Crippen MR) is 61.9 cm³/mol. The highest BCUT2D eigenvalue weighted by Gasteiger charge is 2.06. The Bertz CT molecular complexity index is 641. The molecule has 1 heterocycles. The van der Waals surface area contributed by atoms with Crippen molar-refractivity contribution >= 4 is 0 Å². The Morgan fingerprint density at radius 3 is 2.35 bits per heavy atom. The summed E-state index contributed by atoms with van der Waals surface area (Å²) in [5, 5.41) is 0. The molecule has 1 aromatic carbocycles. The predicted octanol–water partition coefficient (Wildman–Crippen LogP) is 1.16. The lowest BCUT2D eigenvalue weighted by Crippen LogP contribution is -2.37. The molecule has 0 fully saturated rings. The van der Waals surface area contributed by atoms with Gasteiger partial charge in [-0.1, -0.05) is 0 Å². The maximum atomic E-state index is 12.8. The van der Waals surface area contributed by atoms with Crippen molar-refractivity contribution in [3.05, 3.63) is 63.2 Å². The Kier molecular flexibility index (Phi) is 2.91. The molecule has 17 heavy (non-hydrogen) atoms. The van der Waals surface area contributed by atoms with Gasteiger partial charge >= 0.3 is 5.69 Å². The number of aromatic nitrogens is 2. The van der Waals surface area contributed by atoms with Crippen molar-refractivity contribution < 1.29 is 4.39 Å². The van der Waals surface area contributed by atoms with Crippen LogP contribution in [-0.4, -0.2) is 9.13 Å².